The van der Waals surface area contributed by atoms with E-state index in [9.17, 15) is 0 Å². The first-order chi connectivity index (χ1) is 16.3. The van der Waals surface area contributed by atoms with Gasteiger partial charge < -0.3 is 24.8 Å². The quantitative estimate of drug-likeness (QED) is 0.205. The molecule has 3 aromatic carbocycles. The van der Waals surface area contributed by atoms with E-state index in [-0.39, 0.29) is 24.8 Å². The van der Waals surface area contributed by atoms with E-state index in [2.05, 4.69) is 85.8 Å². The Labute approximate surface area is 257 Å². The summed E-state index contributed by atoms with van der Waals surface area (Å²) in [5.41, 5.74) is 12.8. The van der Waals surface area contributed by atoms with Gasteiger partial charge in [0.15, 0.2) is 0 Å². The van der Waals surface area contributed by atoms with Gasteiger partial charge in [0.25, 0.3) is 0 Å². The van der Waals surface area contributed by atoms with Crippen LogP contribution in [0.1, 0.15) is 57.1 Å². The fourth-order valence-corrected chi connectivity index (χ4v) is 8.55. The predicted octanol–water partition coefficient (Wildman–Crippen LogP) is 3.53. The fourth-order valence-electron chi connectivity index (χ4n) is 5.46. The van der Waals surface area contributed by atoms with Crippen molar-refractivity contribution in [3.63, 3.8) is 0 Å². The molecule has 36 heavy (non-hydrogen) atoms. The van der Waals surface area contributed by atoms with Gasteiger partial charge >= 0.3 is 235 Å². The van der Waals surface area contributed by atoms with Crippen LogP contribution in [-0.2, 0) is 31.1 Å². The van der Waals surface area contributed by atoms with E-state index >= 15 is 0 Å². The molecule has 7 heteroatoms. The summed E-state index contributed by atoms with van der Waals surface area (Å²) in [6.45, 7) is 2.30. The number of halogens is 5. The van der Waals surface area contributed by atoms with Gasteiger partial charge in [0.05, 0.1) is 0 Å². The molecule has 0 N–H and O–H groups in total. The van der Waals surface area contributed by atoms with Crippen molar-refractivity contribution in [1.29, 1.82) is 0 Å². The van der Waals surface area contributed by atoms with Gasteiger partial charge in [0, 0.05) is 0 Å². The van der Waals surface area contributed by atoms with E-state index in [1.54, 1.807) is 30.3 Å². The summed E-state index contributed by atoms with van der Waals surface area (Å²) in [5.74, 6) is 0.360. The molecule has 185 valence electrons. The Morgan fingerprint density at radius 2 is 1.47 bits per heavy atom. The van der Waals surface area contributed by atoms with Crippen LogP contribution in [-0.4, -0.2) is 6.00 Å². The number of fused-ring (bicyclic) bond motifs is 2. The minimum absolute atomic E-state index is 0. The normalized spacial score (nSPS) is 17.9. The van der Waals surface area contributed by atoms with Gasteiger partial charge in [-0.3, -0.25) is 0 Å². The summed E-state index contributed by atoms with van der Waals surface area (Å²) in [5, 5.41) is 0. The van der Waals surface area contributed by atoms with Crippen LogP contribution in [0.2, 0.25) is 6.04 Å². The van der Waals surface area contributed by atoms with Gasteiger partial charge in [0.2, 0.25) is 0 Å². The zero-order valence-electron chi connectivity index (χ0n) is 19.9. The molecule has 0 saturated heterocycles. The summed E-state index contributed by atoms with van der Waals surface area (Å²) >= 11 is 19.8. The molecule has 2 aliphatic rings. The summed E-state index contributed by atoms with van der Waals surface area (Å²) < 4.78 is 0.496. The molecule has 5 rings (SSSR count). The maximum Gasteiger partial charge on any atom is -1.00 e. The Morgan fingerprint density at radius 3 is 2.19 bits per heavy atom. The van der Waals surface area contributed by atoms with Crippen molar-refractivity contribution in [3.05, 3.63) is 106 Å². The van der Waals surface area contributed by atoms with Crippen LogP contribution in [0.25, 0.3) is 23.3 Å². The zero-order chi connectivity index (χ0) is 23.9. The van der Waals surface area contributed by atoms with Crippen molar-refractivity contribution in [2.75, 3.05) is 0 Å². The Balaban J connectivity index is 0.00000180. The molecular formula is C29H26Cl5SiZr. The fraction of sp³-hybridized carbons (Fsp3) is 0.241. The third-order valence-corrected chi connectivity index (χ3v) is 11.2. The molecule has 0 bridgehead atoms. The van der Waals surface area contributed by atoms with Gasteiger partial charge in [0.1, 0.15) is 0 Å². The second-order valence-electron chi connectivity index (χ2n) is 9.32. The molecule has 0 saturated carbocycles. The van der Waals surface area contributed by atoms with Crippen molar-refractivity contribution in [2.24, 2.45) is 0 Å². The number of aryl methyl sites for hydroxylation is 1. The molecular weight excluding hydrogens is 645 g/mol. The van der Waals surface area contributed by atoms with E-state index in [0.717, 1.165) is 25.3 Å². The largest absolute Gasteiger partial charge is 1.00 e. The first-order valence-corrected chi connectivity index (χ1v) is 18.5. The third-order valence-electron chi connectivity index (χ3n) is 7.04. The molecule has 2 atom stereocenters. The third kappa shape index (κ3) is 6.28. The number of rotatable bonds is 7. The van der Waals surface area contributed by atoms with Crippen LogP contribution < -0.4 is 24.8 Å². The standard InChI is InChI=1S/C29H26Cl3Si.2ClH.Zr/c1-20-17-28-25(21-9-3-2-4-10-21)14-8-15-26(28)29(20)24-18-23-13-7-12-22(27(23)19-24)11-5-6-16-33(30,31)32;;;/h2-4,7-10,12-15,17-19,29H,5-6,11,16H2,1H3;2*1H;/q;;;+2/p-2. The maximum atomic E-state index is 6.08. The van der Waals surface area contributed by atoms with Crippen LogP contribution in [0, 0.1) is 0 Å². The average molecular weight is 671 g/mol. The molecule has 0 radical (unpaired) electrons. The Hall–Kier alpha value is -0.310. The number of benzene rings is 3. The van der Waals surface area contributed by atoms with Crippen LogP contribution in [0.4, 0.5) is 0 Å². The van der Waals surface area contributed by atoms with E-state index in [1.807, 2.05) is 0 Å². The van der Waals surface area contributed by atoms with Gasteiger partial charge in [-0.1, -0.05) is 0 Å². The van der Waals surface area contributed by atoms with Gasteiger partial charge in [-0.05, 0) is 0 Å². The van der Waals surface area contributed by atoms with Crippen LogP contribution in [0.5, 0.6) is 0 Å². The summed E-state index contributed by atoms with van der Waals surface area (Å²) in [6, 6.07) is 22.6. The molecule has 0 aromatic heterocycles. The number of hydrogen-bond donors (Lipinski definition) is 0. The topological polar surface area (TPSA) is 0 Å². The van der Waals surface area contributed by atoms with E-state index in [1.165, 1.54) is 44.5 Å². The van der Waals surface area contributed by atoms with Crippen LogP contribution in [0.3, 0.4) is 0 Å². The summed E-state index contributed by atoms with van der Waals surface area (Å²) in [6.07, 6.45) is 7.99. The Morgan fingerprint density at radius 1 is 0.778 bits per heavy atom. The monoisotopic (exact) mass is 667 g/mol. The van der Waals surface area contributed by atoms with Crippen molar-refractivity contribution in [2.45, 2.75) is 41.8 Å². The molecule has 2 unspecified atom stereocenters. The van der Waals surface area contributed by atoms with Crippen molar-refractivity contribution < 1.29 is 49.5 Å². The number of hydrogen-bond acceptors (Lipinski definition) is 0. The zero-order valence-corrected chi connectivity index (χ0v) is 27.1. The number of unbranched alkanes of at least 4 members (excludes halogenated alkanes) is 1. The van der Waals surface area contributed by atoms with Crippen LogP contribution >= 0.6 is 33.2 Å². The Kier molecular flexibility index (Phi) is 10.7. The molecule has 0 spiro atoms. The second kappa shape index (κ2) is 12.7. The molecule has 3 aromatic rings. The van der Waals surface area contributed by atoms with E-state index in [0.29, 0.717) is 9.54 Å². The minimum atomic E-state index is -2.52. The number of allylic oxidation sites excluding steroid dienone is 2. The smallest absolute Gasteiger partial charge is 1.00 e. The van der Waals surface area contributed by atoms with Crippen LogP contribution in [0.15, 0.2) is 77.9 Å². The predicted molar refractivity (Wildman–Crippen MR) is 146 cm³/mol. The van der Waals surface area contributed by atoms with Gasteiger partial charge in [-0.2, -0.15) is 0 Å². The second-order valence-corrected chi connectivity index (χ2v) is 20.0. The molecule has 0 amide bonds. The molecule has 0 nitrogen and oxygen atoms in total. The van der Waals surface area contributed by atoms with Crippen molar-refractivity contribution >= 4 is 51.4 Å². The van der Waals surface area contributed by atoms with E-state index < -0.39 is 6.00 Å². The first-order valence-electron chi connectivity index (χ1n) is 11.8. The van der Waals surface area contributed by atoms with Gasteiger partial charge in [-0.25, -0.2) is 0 Å². The summed E-state index contributed by atoms with van der Waals surface area (Å²) in [7, 11) is 0. The SMILES string of the molecule is CC1=Cc2c(-c3ccccc3)cccc2C1C1=Cc2c(CCCC[Si](Cl)(Cl)Cl)cccc2[CH]1[Zr+2].[Cl-].[Cl-]. The van der Waals surface area contributed by atoms with Crippen molar-refractivity contribution in [1.82, 2.24) is 0 Å². The van der Waals surface area contributed by atoms with E-state index in [4.69, 9.17) is 33.2 Å². The Bertz CT molecular complexity index is 1280. The maximum absolute atomic E-state index is 6.08. The van der Waals surface area contributed by atoms with Crippen molar-refractivity contribution in [3.8, 4) is 11.1 Å². The molecule has 0 fully saturated rings. The summed E-state index contributed by atoms with van der Waals surface area (Å²) in [4.78, 5) is 0. The van der Waals surface area contributed by atoms with Gasteiger partial charge in [-0.15, -0.1) is 0 Å². The first kappa shape index (κ1) is 30.2. The minimum Gasteiger partial charge on any atom is -1.00 e. The molecule has 0 heterocycles. The molecule has 0 aliphatic heterocycles. The average Bonchev–Trinajstić information content (AvgIpc) is 3.32. The molecule has 2 aliphatic carbocycles.